The molecular formula is C19H16O2. The molecule has 1 aliphatic carbocycles. The topological polar surface area (TPSA) is 37.3 Å². The van der Waals surface area contributed by atoms with Gasteiger partial charge in [0.2, 0.25) is 0 Å². The van der Waals surface area contributed by atoms with E-state index >= 15 is 0 Å². The Balaban J connectivity index is 1.92. The van der Waals surface area contributed by atoms with E-state index in [2.05, 4.69) is 11.8 Å². The van der Waals surface area contributed by atoms with E-state index in [0.29, 0.717) is 0 Å². The molecule has 2 aromatic rings. The van der Waals surface area contributed by atoms with Crippen LogP contribution in [0.2, 0.25) is 0 Å². The molecule has 104 valence electrons. The molecule has 0 aliphatic heterocycles. The van der Waals surface area contributed by atoms with Crippen molar-refractivity contribution < 1.29 is 9.90 Å². The van der Waals surface area contributed by atoms with Gasteiger partial charge >= 0.3 is 5.97 Å². The zero-order valence-electron chi connectivity index (χ0n) is 11.9. The molecule has 3 rings (SSSR count). The van der Waals surface area contributed by atoms with Gasteiger partial charge < -0.3 is 5.11 Å². The second kappa shape index (κ2) is 5.10. The smallest absolute Gasteiger partial charge is 0.314 e. The Kier molecular flexibility index (Phi) is 3.27. The van der Waals surface area contributed by atoms with E-state index in [1.807, 2.05) is 55.5 Å². The van der Waals surface area contributed by atoms with Crippen molar-refractivity contribution in [2.24, 2.45) is 0 Å². The van der Waals surface area contributed by atoms with E-state index in [1.165, 1.54) is 0 Å². The quantitative estimate of drug-likeness (QED) is 0.852. The Labute approximate surface area is 124 Å². The number of aliphatic carboxylic acids is 1. The molecule has 2 aromatic carbocycles. The summed E-state index contributed by atoms with van der Waals surface area (Å²) in [6.45, 7) is 2.03. The highest BCUT2D eigenvalue weighted by Crippen LogP contribution is 2.48. The second-order valence-corrected chi connectivity index (χ2v) is 5.53. The standard InChI is InChI=1S/C19H16O2/c1-14-5-2-3-7-16(14)10-9-15-6-4-8-17(13-15)19(11-12-19)18(20)21/h2-8,13H,11-12H2,1H3,(H,20,21). The van der Waals surface area contributed by atoms with Gasteiger partial charge in [0, 0.05) is 11.1 Å². The average Bonchev–Trinajstić information content (AvgIpc) is 3.28. The number of benzene rings is 2. The number of carboxylic acid groups (broad SMARTS) is 1. The molecule has 0 heterocycles. The fourth-order valence-corrected chi connectivity index (χ4v) is 2.50. The number of hydrogen-bond acceptors (Lipinski definition) is 1. The molecule has 1 N–H and O–H groups in total. The SMILES string of the molecule is Cc1ccccc1C#Cc1cccc(C2(C(=O)O)CC2)c1. The fraction of sp³-hybridized carbons (Fsp3) is 0.211. The summed E-state index contributed by atoms with van der Waals surface area (Å²) >= 11 is 0. The van der Waals surface area contributed by atoms with Crippen LogP contribution in [0.4, 0.5) is 0 Å². The summed E-state index contributed by atoms with van der Waals surface area (Å²) in [4.78, 5) is 11.4. The molecule has 21 heavy (non-hydrogen) atoms. The van der Waals surface area contributed by atoms with E-state index in [-0.39, 0.29) is 0 Å². The molecule has 0 radical (unpaired) electrons. The zero-order chi connectivity index (χ0) is 14.9. The molecule has 0 atom stereocenters. The summed E-state index contributed by atoms with van der Waals surface area (Å²) < 4.78 is 0. The molecule has 0 amide bonds. The highest BCUT2D eigenvalue weighted by Gasteiger charge is 2.51. The third-order valence-electron chi connectivity index (χ3n) is 4.06. The highest BCUT2D eigenvalue weighted by atomic mass is 16.4. The van der Waals surface area contributed by atoms with Crippen molar-refractivity contribution in [2.75, 3.05) is 0 Å². The van der Waals surface area contributed by atoms with Crippen LogP contribution in [0.15, 0.2) is 48.5 Å². The van der Waals surface area contributed by atoms with Crippen molar-refractivity contribution >= 4 is 5.97 Å². The van der Waals surface area contributed by atoms with Crippen LogP contribution in [0.25, 0.3) is 0 Å². The molecule has 2 nitrogen and oxygen atoms in total. The third kappa shape index (κ3) is 2.55. The van der Waals surface area contributed by atoms with Gasteiger partial charge in [0.05, 0.1) is 5.41 Å². The van der Waals surface area contributed by atoms with Gasteiger partial charge in [0.25, 0.3) is 0 Å². The lowest BCUT2D eigenvalue weighted by Crippen LogP contribution is -2.19. The third-order valence-corrected chi connectivity index (χ3v) is 4.06. The minimum absolute atomic E-state index is 0.666. The lowest BCUT2D eigenvalue weighted by molar-refractivity contribution is -0.140. The Morgan fingerprint density at radius 2 is 1.86 bits per heavy atom. The lowest BCUT2D eigenvalue weighted by Gasteiger charge is -2.09. The van der Waals surface area contributed by atoms with Crippen molar-refractivity contribution in [2.45, 2.75) is 25.2 Å². The van der Waals surface area contributed by atoms with E-state index in [4.69, 9.17) is 0 Å². The van der Waals surface area contributed by atoms with Crippen LogP contribution in [0.1, 0.15) is 35.1 Å². The molecule has 0 unspecified atom stereocenters. The van der Waals surface area contributed by atoms with Gasteiger partial charge in [-0.25, -0.2) is 0 Å². The first-order chi connectivity index (χ1) is 10.1. The van der Waals surface area contributed by atoms with Crippen molar-refractivity contribution in [3.8, 4) is 11.8 Å². The van der Waals surface area contributed by atoms with Crippen molar-refractivity contribution in [3.63, 3.8) is 0 Å². The lowest BCUT2D eigenvalue weighted by atomic mass is 9.94. The molecule has 0 saturated heterocycles. The van der Waals surface area contributed by atoms with Crippen LogP contribution in [0.5, 0.6) is 0 Å². The minimum atomic E-state index is -0.730. The molecule has 0 aromatic heterocycles. The van der Waals surface area contributed by atoms with Gasteiger partial charge in [0.15, 0.2) is 0 Å². The molecule has 1 aliphatic rings. The Hall–Kier alpha value is -2.53. The van der Waals surface area contributed by atoms with Crippen LogP contribution >= 0.6 is 0 Å². The zero-order valence-corrected chi connectivity index (χ0v) is 11.9. The van der Waals surface area contributed by atoms with E-state index in [1.54, 1.807) is 0 Å². The molecule has 0 spiro atoms. The fourth-order valence-electron chi connectivity index (χ4n) is 2.50. The first-order valence-electron chi connectivity index (χ1n) is 7.03. The monoisotopic (exact) mass is 276 g/mol. The molecular weight excluding hydrogens is 260 g/mol. The molecule has 0 bridgehead atoms. The number of carbonyl (C=O) groups is 1. The average molecular weight is 276 g/mol. The van der Waals surface area contributed by atoms with Gasteiger partial charge in [-0.05, 0) is 49.1 Å². The van der Waals surface area contributed by atoms with E-state index in [9.17, 15) is 9.90 Å². The van der Waals surface area contributed by atoms with Gasteiger partial charge in [-0.1, -0.05) is 42.2 Å². The Morgan fingerprint density at radius 3 is 2.52 bits per heavy atom. The maximum Gasteiger partial charge on any atom is 0.314 e. The Morgan fingerprint density at radius 1 is 1.10 bits per heavy atom. The predicted molar refractivity (Wildman–Crippen MR) is 82.1 cm³/mol. The van der Waals surface area contributed by atoms with E-state index < -0.39 is 11.4 Å². The van der Waals surface area contributed by atoms with Crippen molar-refractivity contribution in [1.82, 2.24) is 0 Å². The number of carboxylic acids is 1. The van der Waals surface area contributed by atoms with Gasteiger partial charge in [-0.2, -0.15) is 0 Å². The molecule has 1 fully saturated rings. The van der Waals surface area contributed by atoms with Crippen LogP contribution < -0.4 is 0 Å². The number of hydrogen-bond donors (Lipinski definition) is 1. The predicted octanol–water partition coefficient (Wildman–Crippen LogP) is 3.51. The van der Waals surface area contributed by atoms with E-state index in [0.717, 1.165) is 35.1 Å². The summed E-state index contributed by atoms with van der Waals surface area (Å²) in [5.41, 5.74) is 3.21. The first-order valence-corrected chi connectivity index (χ1v) is 7.03. The highest BCUT2D eigenvalue weighted by molar-refractivity contribution is 5.85. The summed E-state index contributed by atoms with van der Waals surface area (Å²) in [5, 5.41) is 9.36. The largest absolute Gasteiger partial charge is 0.481 e. The summed E-state index contributed by atoms with van der Waals surface area (Å²) in [5.74, 6) is 5.57. The van der Waals surface area contributed by atoms with Crippen molar-refractivity contribution in [3.05, 3.63) is 70.8 Å². The van der Waals surface area contributed by atoms with Crippen LogP contribution in [-0.4, -0.2) is 11.1 Å². The molecule has 1 saturated carbocycles. The summed E-state index contributed by atoms with van der Waals surface area (Å²) in [6, 6.07) is 15.6. The number of rotatable bonds is 2. The Bertz CT molecular complexity index is 758. The maximum absolute atomic E-state index is 11.4. The second-order valence-electron chi connectivity index (χ2n) is 5.53. The summed E-state index contributed by atoms with van der Waals surface area (Å²) in [7, 11) is 0. The van der Waals surface area contributed by atoms with Crippen molar-refractivity contribution in [1.29, 1.82) is 0 Å². The van der Waals surface area contributed by atoms with Gasteiger partial charge in [-0.3, -0.25) is 4.79 Å². The van der Waals surface area contributed by atoms with Gasteiger partial charge in [-0.15, -0.1) is 0 Å². The van der Waals surface area contributed by atoms with Crippen LogP contribution in [-0.2, 0) is 10.2 Å². The van der Waals surface area contributed by atoms with Gasteiger partial charge in [0.1, 0.15) is 0 Å². The molecule has 2 heteroatoms. The maximum atomic E-state index is 11.4. The first kappa shape index (κ1) is 13.5. The minimum Gasteiger partial charge on any atom is -0.481 e. The normalized spacial score (nSPS) is 14.9. The van der Waals surface area contributed by atoms with Crippen LogP contribution in [0.3, 0.4) is 0 Å². The van der Waals surface area contributed by atoms with Crippen LogP contribution in [0, 0.1) is 18.8 Å². The summed E-state index contributed by atoms with van der Waals surface area (Å²) in [6.07, 6.45) is 1.44. The number of aryl methyl sites for hydroxylation is 1.